The Labute approximate surface area is 141 Å². The molecule has 1 fully saturated rings. The third-order valence-corrected chi connectivity index (χ3v) is 4.16. The molecular weight excluding hydrogens is 304 g/mol. The molecule has 24 heavy (non-hydrogen) atoms. The summed E-state index contributed by atoms with van der Waals surface area (Å²) in [6.45, 7) is 2.60. The summed E-state index contributed by atoms with van der Waals surface area (Å²) in [5, 5.41) is 0. The molecule has 0 radical (unpaired) electrons. The van der Waals surface area contributed by atoms with Crippen molar-refractivity contribution < 1.29 is 14.3 Å². The maximum atomic E-state index is 12.3. The predicted octanol–water partition coefficient (Wildman–Crippen LogP) is 3.01. The Kier molecular flexibility index (Phi) is 4.79. The van der Waals surface area contributed by atoms with Crippen LogP contribution >= 0.6 is 0 Å². The van der Waals surface area contributed by atoms with Crippen LogP contribution < -0.4 is 0 Å². The Morgan fingerprint density at radius 3 is 2.25 bits per heavy atom. The highest BCUT2D eigenvalue weighted by atomic mass is 16.6. The summed E-state index contributed by atoms with van der Waals surface area (Å²) in [6.07, 6.45) is -0.781. The molecule has 5 heteroatoms. The Bertz CT molecular complexity index is 703. The first-order chi connectivity index (χ1) is 11.6. The van der Waals surface area contributed by atoms with Crippen LogP contribution in [0.3, 0.4) is 0 Å². The number of nitrogens with zero attached hydrogens (tertiary/aromatic N) is 2. The summed E-state index contributed by atoms with van der Waals surface area (Å²) in [7, 11) is 0. The van der Waals surface area contributed by atoms with Crippen molar-refractivity contribution in [3.8, 4) is 0 Å². The highest BCUT2D eigenvalue weighted by Crippen LogP contribution is 2.20. The Hall–Kier alpha value is -2.82. The van der Waals surface area contributed by atoms with Gasteiger partial charge >= 0.3 is 6.09 Å². The molecule has 0 bridgehead atoms. The summed E-state index contributed by atoms with van der Waals surface area (Å²) in [6, 6.07) is 19.2. The van der Waals surface area contributed by atoms with E-state index in [4.69, 9.17) is 4.74 Å². The largest absolute Gasteiger partial charge is 0.444 e. The van der Waals surface area contributed by atoms with Crippen LogP contribution in [0, 0.1) is 0 Å². The first-order valence-corrected chi connectivity index (χ1v) is 7.96. The number of rotatable bonds is 4. The highest BCUT2D eigenvalue weighted by molar-refractivity contribution is 5.86. The van der Waals surface area contributed by atoms with E-state index in [9.17, 15) is 9.59 Å². The van der Waals surface area contributed by atoms with Gasteiger partial charge in [-0.1, -0.05) is 60.7 Å². The summed E-state index contributed by atoms with van der Waals surface area (Å²) in [5.41, 5.74) is 1.96. The molecule has 124 valence electrons. The summed E-state index contributed by atoms with van der Waals surface area (Å²) >= 11 is 0. The summed E-state index contributed by atoms with van der Waals surface area (Å²) in [5.74, 6) is -0.0667. The van der Waals surface area contributed by atoms with Crippen LogP contribution in [-0.4, -0.2) is 34.5 Å². The Morgan fingerprint density at radius 1 is 1.04 bits per heavy atom. The van der Waals surface area contributed by atoms with Gasteiger partial charge in [0.25, 0.3) is 0 Å². The minimum absolute atomic E-state index is 0.0572. The lowest BCUT2D eigenvalue weighted by Crippen LogP contribution is -2.40. The van der Waals surface area contributed by atoms with Crippen LogP contribution in [0.4, 0.5) is 4.79 Å². The molecule has 3 rings (SSSR count). The minimum atomic E-state index is -0.463. The van der Waals surface area contributed by atoms with Gasteiger partial charge in [0.15, 0.2) is 0 Å². The fraction of sp³-hybridized carbons (Fsp3) is 0.263. The standard InChI is InChI=1S/C19H20N2O3/c1-15-20(12-16-8-4-2-5-9-16)18(22)13-21(15)19(23)24-14-17-10-6-3-7-11-17/h2-11,15H,12-14H2,1H3. The summed E-state index contributed by atoms with van der Waals surface area (Å²) < 4.78 is 5.34. The number of amides is 2. The van der Waals surface area contributed by atoms with E-state index in [1.54, 1.807) is 4.90 Å². The second-order valence-corrected chi connectivity index (χ2v) is 5.81. The van der Waals surface area contributed by atoms with Crippen LogP contribution in [0.1, 0.15) is 18.1 Å². The SMILES string of the molecule is CC1N(Cc2ccccc2)C(=O)CN1C(=O)OCc1ccccc1. The number of ether oxygens (including phenoxy) is 1. The number of benzene rings is 2. The second-order valence-electron chi connectivity index (χ2n) is 5.81. The van der Waals surface area contributed by atoms with Crippen molar-refractivity contribution in [2.24, 2.45) is 0 Å². The lowest BCUT2D eigenvalue weighted by molar-refractivity contribution is -0.128. The molecule has 0 aromatic heterocycles. The van der Waals surface area contributed by atoms with Crippen molar-refractivity contribution in [3.05, 3.63) is 71.8 Å². The molecule has 0 saturated carbocycles. The number of carbonyl (C=O) groups excluding carboxylic acids is 2. The van der Waals surface area contributed by atoms with Crippen LogP contribution in [0.25, 0.3) is 0 Å². The van der Waals surface area contributed by atoms with Gasteiger partial charge in [0.1, 0.15) is 19.3 Å². The molecular formula is C19H20N2O3. The van der Waals surface area contributed by atoms with Crippen molar-refractivity contribution in [1.82, 2.24) is 9.80 Å². The van der Waals surface area contributed by atoms with Crippen molar-refractivity contribution >= 4 is 12.0 Å². The van der Waals surface area contributed by atoms with Crippen molar-refractivity contribution in [3.63, 3.8) is 0 Å². The normalized spacial score (nSPS) is 17.2. The molecule has 1 unspecified atom stereocenters. The fourth-order valence-corrected chi connectivity index (χ4v) is 2.77. The van der Waals surface area contributed by atoms with E-state index in [1.165, 1.54) is 4.90 Å². The lowest BCUT2D eigenvalue weighted by Gasteiger charge is -2.26. The first-order valence-electron chi connectivity index (χ1n) is 7.96. The zero-order valence-electron chi connectivity index (χ0n) is 13.6. The molecule has 0 N–H and O–H groups in total. The average molecular weight is 324 g/mol. The zero-order chi connectivity index (χ0) is 16.9. The smallest absolute Gasteiger partial charge is 0.412 e. The van der Waals surface area contributed by atoms with Gasteiger partial charge in [-0.25, -0.2) is 4.79 Å². The van der Waals surface area contributed by atoms with E-state index in [0.29, 0.717) is 6.54 Å². The molecule has 2 aromatic rings. The van der Waals surface area contributed by atoms with E-state index >= 15 is 0 Å². The molecule has 5 nitrogen and oxygen atoms in total. The van der Waals surface area contributed by atoms with Gasteiger partial charge < -0.3 is 9.64 Å². The minimum Gasteiger partial charge on any atom is -0.444 e. The topological polar surface area (TPSA) is 49.9 Å². The number of carbonyl (C=O) groups is 2. The van der Waals surface area contributed by atoms with Gasteiger partial charge in [0.05, 0.1) is 0 Å². The number of hydrogen-bond acceptors (Lipinski definition) is 3. The fourth-order valence-electron chi connectivity index (χ4n) is 2.77. The molecule has 1 saturated heterocycles. The predicted molar refractivity (Wildman–Crippen MR) is 89.8 cm³/mol. The van der Waals surface area contributed by atoms with Crippen LogP contribution in [0.15, 0.2) is 60.7 Å². The maximum Gasteiger partial charge on any atom is 0.412 e. The molecule has 1 aliphatic rings. The van der Waals surface area contributed by atoms with E-state index < -0.39 is 6.09 Å². The Balaban J connectivity index is 1.60. The molecule has 1 heterocycles. The van der Waals surface area contributed by atoms with Crippen LogP contribution in [-0.2, 0) is 22.7 Å². The molecule has 1 aliphatic heterocycles. The van der Waals surface area contributed by atoms with Gasteiger partial charge in [-0.2, -0.15) is 0 Å². The van der Waals surface area contributed by atoms with Gasteiger partial charge in [0, 0.05) is 6.54 Å². The maximum absolute atomic E-state index is 12.3. The molecule has 2 aromatic carbocycles. The van der Waals surface area contributed by atoms with Gasteiger partial charge in [-0.3, -0.25) is 9.69 Å². The quantitative estimate of drug-likeness (QED) is 0.868. The van der Waals surface area contributed by atoms with Crippen LogP contribution in [0.5, 0.6) is 0 Å². The van der Waals surface area contributed by atoms with Crippen molar-refractivity contribution in [2.45, 2.75) is 26.2 Å². The van der Waals surface area contributed by atoms with Crippen molar-refractivity contribution in [1.29, 1.82) is 0 Å². The first kappa shape index (κ1) is 16.1. The number of hydrogen-bond donors (Lipinski definition) is 0. The third-order valence-electron chi connectivity index (χ3n) is 4.16. The van der Waals surface area contributed by atoms with Crippen LogP contribution in [0.2, 0.25) is 0 Å². The van der Waals surface area contributed by atoms with Gasteiger partial charge in [-0.15, -0.1) is 0 Å². The highest BCUT2D eigenvalue weighted by Gasteiger charge is 2.38. The van der Waals surface area contributed by atoms with E-state index in [0.717, 1.165) is 11.1 Å². The molecule has 0 aliphatic carbocycles. The monoisotopic (exact) mass is 324 g/mol. The van der Waals surface area contributed by atoms with E-state index in [-0.39, 0.29) is 25.2 Å². The van der Waals surface area contributed by atoms with E-state index in [1.807, 2.05) is 67.6 Å². The molecule has 1 atom stereocenters. The summed E-state index contributed by atoms with van der Waals surface area (Å²) in [4.78, 5) is 27.7. The third kappa shape index (κ3) is 3.56. The van der Waals surface area contributed by atoms with E-state index in [2.05, 4.69) is 0 Å². The lowest BCUT2D eigenvalue weighted by atomic mass is 10.2. The molecule has 0 spiro atoms. The Morgan fingerprint density at radius 2 is 1.62 bits per heavy atom. The zero-order valence-corrected chi connectivity index (χ0v) is 13.6. The van der Waals surface area contributed by atoms with Gasteiger partial charge in [0.2, 0.25) is 5.91 Å². The van der Waals surface area contributed by atoms with Crippen molar-refractivity contribution in [2.75, 3.05) is 6.54 Å². The molecule has 2 amide bonds. The second kappa shape index (κ2) is 7.17. The average Bonchev–Trinajstić information content (AvgIpc) is 2.90. The van der Waals surface area contributed by atoms with Gasteiger partial charge in [-0.05, 0) is 18.1 Å².